The smallest absolute Gasteiger partial charge is 0.261 e. The van der Waals surface area contributed by atoms with E-state index >= 15 is 0 Å². The van der Waals surface area contributed by atoms with E-state index in [0.717, 1.165) is 56.6 Å². The zero-order valence-electron chi connectivity index (χ0n) is 21.5. The van der Waals surface area contributed by atoms with Gasteiger partial charge in [-0.2, -0.15) is 0 Å². The molecule has 0 spiro atoms. The van der Waals surface area contributed by atoms with E-state index in [-0.39, 0.29) is 25.0 Å². The summed E-state index contributed by atoms with van der Waals surface area (Å²) in [6.45, 7) is 4.15. The molecule has 11 heteroatoms. The Hall–Kier alpha value is -2.37. The molecule has 1 aliphatic rings. The lowest BCUT2D eigenvalue weighted by Crippen LogP contribution is -2.41. The minimum absolute atomic E-state index is 0.108. The lowest BCUT2D eigenvalue weighted by atomic mass is 10.1. The van der Waals surface area contributed by atoms with Crippen LogP contribution in [0.5, 0.6) is 0 Å². The predicted octanol–water partition coefficient (Wildman–Crippen LogP) is 3.66. The van der Waals surface area contributed by atoms with Crippen molar-refractivity contribution in [2.24, 2.45) is 5.73 Å². The second-order valence-electron chi connectivity index (χ2n) is 9.28. The molecule has 0 aliphatic carbocycles. The van der Waals surface area contributed by atoms with Gasteiger partial charge in [0.15, 0.2) is 0 Å². The largest absolute Gasteiger partial charge is 0.378 e. The van der Waals surface area contributed by atoms with Crippen LogP contribution in [0.25, 0.3) is 0 Å². The molecular weight excluding hydrogens is 514 g/mol. The maximum atomic E-state index is 12.4. The number of anilines is 3. The van der Waals surface area contributed by atoms with Crippen LogP contribution in [0, 0.1) is 0 Å². The van der Waals surface area contributed by atoms with Gasteiger partial charge in [-0.1, -0.05) is 31.4 Å². The highest BCUT2D eigenvalue weighted by Crippen LogP contribution is 2.33. The van der Waals surface area contributed by atoms with E-state index in [1.807, 2.05) is 18.2 Å². The monoisotopic (exact) mass is 551 g/mol. The maximum Gasteiger partial charge on any atom is 0.261 e. The van der Waals surface area contributed by atoms with Gasteiger partial charge < -0.3 is 36.0 Å². The summed E-state index contributed by atoms with van der Waals surface area (Å²) in [5.41, 5.74) is 8.49. The molecular formula is C26H38ClN5O4S. The number of nitrogens with zero attached hydrogens (tertiary/aromatic N) is 2. The summed E-state index contributed by atoms with van der Waals surface area (Å²) in [4.78, 5) is 28.7. The second-order valence-corrected chi connectivity index (χ2v) is 11.0. The average molecular weight is 552 g/mol. The number of carbonyl (C=O) groups is 2. The third-order valence-electron chi connectivity index (χ3n) is 6.43. The number of methoxy groups -OCH3 is 1. The van der Waals surface area contributed by atoms with Crippen LogP contribution in [-0.2, 0) is 9.53 Å². The number of rotatable bonds is 15. The molecule has 5 N–H and O–H groups in total. The quantitative estimate of drug-likeness (QED) is 0.151. The Morgan fingerprint density at radius 1 is 1.38 bits per heavy atom. The summed E-state index contributed by atoms with van der Waals surface area (Å²) in [5.74, 6) is -0.242. The Labute approximate surface area is 227 Å². The van der Waals surface area contributed by atoms with Crippen LogP contribution in [0.1, 0.15) is 48.7 Å². The van der Waals surface area contributed by atoms with Gasteiger partial charge in [-0.3, -0.25) is 9.59 Å². The molecule has 2 heterocycles. The predicted molar refractivity (Wildman–Crippen MR) is 151 cm³/mol. The average Bonchev–Trinajstić information content (AvgIpc) is 3.52. The highest BCUT2D eigenvalue weighted by Gasteiger charge is 2.24. The normalized spacial score (nSPS) is 16.9. The molecule has 1 aliphatic heterocycles. The van der Waals surface area contributed by atoms with Crippen LogP contribution >= 0.6 is 22.9 Å². The molecule has 1 aromatic heterocycles. The molecule has 3 atom stereocenters. The number of hydrogen-bond acceptors (Lipinski definition) is 8. The first kappa shape index (κ1) is 29.2. The van der Waals surface area contributed by atoms with Crippen LogP contribution in [0.15, 0.2) is 30.3 Å². The van der Waals surface area contributed by atoms with Gasteiger partial charge in [0, 0.05) is 38.5 Å². The summed E-state index contributed by atoms with van der Waals surface area (Å²) < 4.78 is 6.09. The van der Waals surface area contributed by atoms with Crippen molar-refractivity contribution in [2.45, 2.75) is 57.4 Å². The van der Waals surface area contributed by atoms with E-state index in [1.54, 1.807) is 19.2 Å². The van der Waals surface area contributed by atoms with Gasteiger partial charge in [-0.05, 0) is 49.6 Å². The molecule has 204 valence electrons. The summed E-state index contributed by atoms with van der Waals surface area (Å²) in [7, 11) is 1.54. The SMILES string of the molecule is CCCCCC(O)Nc1cc(N(C=O)CC(CNC(=O)c2ccc(Cl)s2)OC)ccc1N1CCC(N)C1. The van der Waals surface area contributed by atoms with Gasteiger partial charge in [0.1, 0.15) is 6.23 Å². The Morgan fingerprint density at radius 2 is 2.19 bits per heavy atom. The molecule has 2 aromatic rings. The van der Waals surface area contributed by atoms with Gasteiger partial charge in [-0.15, -0.1) is 11.3 Å². The molecule has 3 unspecified atom stereocenters. The maximum absolute atomic E-state index is 12.4. The molecule has 1 aromatic carbocycles. The molecule has 3 rings (SSSR count). The molecule has 1 fully saturated rings. The summed E-state index contributed by atoms with van der Waals surface area (Å²) in [6.07, 6.45) is 4.21. The van der Waals surface area contributed by atoms with Crippen molar-refractivity contribution in [1.82, 2.24) is 5.32 Å². The third-order valence-corrected chi connectivity index (χ3v) is 7.66. The Morgan fingerprint density at radius 3 is 2.81 bits per heavy atom. The summed E-state index contributed by atoms with van der Waals surface area (Å²) >= 11 is 7.12. The number of aliphatic hydroxyl groups is 1. The number of unbranched alkanes of at least 4 members (excludes halogenated alkanes) is 2. The number of benzene rings is 1. The van der Waals surface area contributed by atoms with E-state index in [1.165, 1.54) is 16.2 Å². The van der Waals surface area contributed by atoms with Crippen LogP contribution in [0.3, 0.4) is 0 Å². The topological polar surface area (TPSA) is 120 Å². The minimum atomic E-state index is -0.700. The number of thiophene rings is 1. The number of aliphatic hydroxyl groups excluding tert-OH is 1. The Bertz CT molecular complexity index is 1020. The second kappa shape index (κ2) is 14.5. The van der Waals surface area contributed by atoms with Crippen molar-refractivity contribution in [3.05, 3.63) is 39.5 Å². The fourth-order valence-electron chi connectivity index (χ4n) is 4.32. The Kier molecular flexibility index (Phi) is 11.5. The minimum Gasteiger partial charge on any atom is -0.378 e. The van der Waals surface area contributed by atoms with Crippen LogP contribution in [0.2, 0.25) is 4.34 Å². The van der Waals surface area contributed by atoms with Gasteiger partial charge in [0.25, 0.3) is 5.91 Å². The number of amides is 2. The number of ether oxygens (including phenoxy) is 1. The summed E-state index contributed by atoms with van der Waals surface area (Å²) in [6, 6.07) is 9.15. The van der Waals surface area contributed by atoms with E-state index < -0.39 is 12.3 Å². The van der Waals surface area contributed by atoms with E-state index in [2.05, 4.69) is 22.5 Å². The van der Waals surface area contributed by atoms with Gasteiger partial charge in [0.2, 0.25) is 6.41 Å². The first-order valence-corrected chi connectivity index (χ1v) is 13.9. The first-order chi connectivity index (χ1) is 17.8. The standard InChI is InChI=1S/C26H38ClN5O4S/c1-3-4-5-6-25(34)30-21-13-19(7-8-22(21)31-12-11-18(28)15-31)32(17-33)16-20(36-2)14-29-26(35)23-9-10-24(27)37-23/h7-10,13,17-18,20,25,30,34H,3-6,11-12,14-16,28H2,1-2H3,(H,29,35). The van der Waals surface area contributed by atoms with Crippen molar-refractivity contribution in [2.75, 3.05) is 48.4 Å². The Balaban J connectivity index is 1.72. The van der Waals surface area contributed by atoms with Gasteiger partial charge in [0.05, 0.1) is 33.2 Å². The molecule has 1 saturated heterocycles. The van der Waals surface area contributed by atoms with Gasteiger partial charge in [-0.25, -0.2) is 0 Å². The molecule has 9 nitrogen and oxygen atoms in total. The zero-order chi connectivity index (χ0) is 26.8. The molecule has 0 radical (unpaired) electrons. The van der Waals surface area contributed by atoms with Crippen LogP contribution in [0.4, 0.5) is 17.1 Å². The van der Waals surface area contributed by atoms with Crippen molar-refractivity contribution >= 4 is 52.3 Å². The highest BCUT2D eigenvalue weighted by atomic mass is 35.5. The van der Waals surface area contributed by atoms with Crippen molar-refractivity contribution in [3.8, 4) is 0 Å². The van der Waals surface area contributed by atoms with Crippen molar-refractivity contribution in [1.29, 1.82) is 0 Å². The number of hydrogen-bond donors (Lipinski definition) is 4. The van der Waals surface area contributed by atoms with Gasteiger partial charge >= 0.3 is 0 Å². The zero-order valence-corrected chi connectivity index (χ0v) is 23.1. The highest BCUT2D eigenvalue weighted by molar-refractivity contribution is 7.18. The fraction of sp³-hybridized carbons (Fsp3) is 0.538. The van der Waals surface area contributed by atoms with E-state index in [9.17, 15) is 14.7 Å². The number of carbonyl (C=O) groups excluding carboxylic acids is 2. The van der Waals surface area contributed by atoms with E-state index in [0.29, 0.717) is 21.3 Å². The fourth-order valence-corrected chi connectivity index (χ4v) is 5.28. The lowest BCUT2D eigenvalue weighted by molar-refractivity contribution is -0.107. The van der Waals surface area contributed by atoms with Crippen molar-refractivity contribution in [3.63, 3.8) is 0 Å². The first-order valence-electron chi connectivity index (χ1n) is 12.7. The molecule has 0 bridgehead atoms. The third kappa shape index (κ3) is 8.58. The number of halogens is 1. The van der Waals surface area contributed by atoms with Crippen LogP contribution in [-0.4, -0.2) is 69.1 Å². The molecule has 0 saturated carbocycles. The molecule has 37 heavy (non-hydrogen) atoms. The van der Waals surface area contributed by atoms with Crippen LogP contribution < -0.4 is 26.2 Å². The molecule has 2 amide bonds. The van der Waals surface area contributed by atoms with Crippen molar-refractivity contribution < 1.29 is 19.4 Å². The number of nitrogens with one attached hydrogen (secondary N) is 2. The lowest BCUT2D eigenvalue weighted by Gasteiger charge is -2.28. The van der Waals surface area contributed by atoms with E-state index in [4.69, 9.17) is 22.1 Å². The number of nitrogens with two attached hydrogens (primary N) is 1. The summed E-state index contributed by atoms with van der Waals surface area (Å²) in [5, 5.41) is 16.7.